The van der Waals surface area contributed by atoms with E-state index in [9.17, 15) is 4.79 Å². The molecule has 1 spiro atoms. The molecular formula is C13H25N3O. The molecule has 2 aliphatic rings. The summed E-state index contributed by atoms with van der Waals surface area (Å²) in [7, 11) is 0. The highest BCUT2D eigenvalue weighted by Crippen LogP contribution is 2.45. The van der Waals surface area contributed by atoms with Crippen molar-refractivity contribution in [3.05, 3.63) is 0 Å². The quantitative estimate of drug-likeness (QED) is 0.330. The number of nitrogens with two attached hydrogens (primary N) is 1. The maximum atomic E-state index is 11.0. The van der Waals surface area contributed by atoms with Crippen LogP contribution in [0.5, 0.6) is 0 Å². The van der Waals surface area contributed by atoms with Crippen molar-refractivity contribution in [1.82, 2.24) is 10.3 Å². The number of nitrogens with one attached hydrogen (secondary N) is 1. The molecule has 2 rings (SSSR count). The second kappa shape index (κ2) is 5.83. The molecule has 3 N–H and O–H groups in total. The number of nitrogens with zero attached hydrogens (tertiary/aromatic N) is 1. The Labute approximate surface area is 104 Å². The molecule has 4 nitrogen and oxygen atoms in total. The van der Waals surface area contributed by atoms with E-state index in [0.717, 1.165) is 19.4 Å². The molecule has 1 saturated carbocycles. The topological polar surface area (TPSA) is 58.4 Å². The van der Waals surface area contributed by atoms with Crippen LogP contribution in [0, 0.1) is 5.41 Å². The van der Waals surface area contributed by atoms with Crippen molar-refractivity contribution in [2.24, 2.45) is 11.3 Å². The van der Waals surface area contributed by atoms with Crippen molar-refractivity contribution in [2.45, 2.75) is 51.4 Å². The van der Waals surface area contributed by atoms with Gasteiger partial charge in [0.25, 0.3) is 0 Å². The molecule has 1 saturated heterocycles. The number of hydrazine groups is 1. The second-order valence-electron chi connectivity index (χ2n) is 5.76. The minimum Gasteiger partial charge on any atom is -0.303 e. The van der Waals surface area contributed by atoms with E-state index in [2.05, 4.69) is 10.3 Å². The molecule has 0 aromatic rings. The van der Waals surface area contributed by atoms with Crippen LogP contribution >= 0.6 is 0 Å². The average Bonchev–Trinajstić information content (AvgIpc) is 2.96. The van der Waals surface area contributed by atoms with Gasteiger partial charge in [0.2, 0.25) is 5.91 Å². The van der Waals surface area contributed by atoms with Gasteiger partial charge in [0.1, 0.15) is 0 Å². The number of hydrogen-bond acceptors (Lipinski definition) is 3. The lowest BCUT2D eigenvalue weighted by molar-refractivity contribution is -0.121. The first kappa shape index (κ1) is 12.8. The minimum atomic E-state index is -0.0429. The van der Waals surface area contributed by atoms with Crippen LogP contribution in [0.15, 0.2) is 0 Å². The highest BCUT2D eigenvalue weighted by atomic mass is 16.2. The predicted molar refractivity (Wildman–Crippen MR) is 68.1 cm³/mol. The number of amides is 1. The smallest absolute Gasteiger partial charge is 0.233 e. The molecule has 0 aromatic heterocycles. The van der Waals surface area contributed by atoms with Gasteiger partial charge in [0.15, 0.2) is 0 Å². The Morgan fingerprint density at radius 3 is 2.71 bits per heavy atom. The van der Waals surface area contributed by atoms with Crippen molar-refractivity contribution < 1.29 is 4.79 Å². The fraction of sp³-hybridized carbons (Fsp3) is 0.923. The SMILES string of the molecule is NNC(=O)CCCCN1CCC2(CCCC2)C1. The van der Waals surface area contributed by atoms with Crippen LogP contribution in [0.4, 0.5) is 0 Å². The van der Waals surface area contributed by atoms with E-state index in [0.29, 0.717) is 11.8 Å². The van der Waals surface area contributed by atoms with Gasteiger partial charge in [-0.15, -0.1) is 0 Å². The second-order valence-corrected chi connectivity index (χ2v) is 5.76. The molecule has 0 atom stereocenters. The number of hydrogen-bond donors (Lipinski definition) is 2. The van der Waals surface area contributed by atoms with Gasteiger partial charge in [-0.05, 0) is 50.6 Å². The van der Waals surface area contributed by atoms with E-state index in [1.807, 2.05) is 0 Å². The van der Waals surface area contributed by atoms with Crippen LogP contribution in [-0.2, 0) is 4.79 Å². The van der Waals surface area contributed by atoms with Gasteiger partial charge >= 0.3 is 0 Å². The van der Waals surface area contributed by atoms with E-state index in [1.165, 1.54) is 45.2 Å². The highest BCUT2D eigenvalue weighted by molar-refractivity contribution is 5.75. The van der Waals surface area contributed by atoms with E-state index in [-0.39, 0.29) is 5.91 Å². The zero-order valence-electron chi connectivity index (χ0n) is 10.7. The zero-order chi connectivity index (χ0) is 12.1. The first-order valence-electron chi connectivity index (χ1n) is 6.96. The van der Waals surface area contributed by atoms with Crippen LogP contribution in [0.1, 0.15) is 51.4 Å². The van der Waals surface area contributed by atoms with Gasteiger partial charge in [-0.3, -0.25) is 10.2 Å². The summed E-state index contributed by atoms with van der Waals surface area (Å²) in [5.41, 5.74) is 2.86. The summed E-state index contributed by atoms with van der Waals surface area (Å²) >= 11 is 0. The number of carbonyl (C=O) groups excluding carboxylic acids is 1. The Bertz CT molecular complexity index is 261. The third-order valence-electron chi connectivity index (χ3n) is 4.47. The number of likely N-dealkylation sites (tertiary alicyclic amines) is 1. The maximum Gasteiger partial charge on any atom is 0.233 e. The van der Waals surface area contributed by atoms with E-state index >= 15 is 0 Å². The minimum absolute atomic E-state index is 0.0429. The maximum absolute atomic E-state index is 11.0. The van der Waals surface area contributed by atoms with Crippen molar-refractivity contribution >= 4 is 5.91 Å². The van der Waals surface area contributed by atoms with Crippen molar-refractivity contribution in [3.63, 3.8) is 0 Å². The number of carbonyl (C=O) groups is 1. The monoisotopic (exact) mass is 239 g/mol. The number of rotatable bonds is 5. The molecule has 1 aliphatic heterocycles. The molecule has 0 aromatic carbocycles. The van der Waals surface area contributed by atoms with Gasteiger partial charge in [0, 0.05) is 13.0 Å². The standard InChI is InChI=1S/C13H25N3O/c14-15-12(17)5-1-4-9-16-10-8-13(11-16)6-2-3-7-13/h1-11,14H2,(H,15,17). The lowest BCUT2D eigenvalue weighted by atomic mass is 9.86. The molecule has 17 heavy (non-hydrogen) atoms. The van der Waals surface area contributed by atoms with Gasteiger partial charge in [-0.1, -0.05) is 12.8 Å². The fourth-order valence-corrected chi connectivity index (χ4v) is 3.44. The molecule has 0 bridgehead atoms. The van der Waals surface area contributed by atoms with Crippen LogP contribution in [0.2, 0.25) is 0 Å². The molecule has 1 aliphatic carbocycles. The average molecular weight is 239 g/mol. The molecule has 0 unspecified atom stereocenters. The highest BCUT2D eigenvalue weighted by Gasteiger charge is 2.39. The molecule has 0 radical (unpaired) electrons. The molecular weight excluding hydrogens is 214 g/mol. The summed E-state index contributed by atoms with van der Waals surface area (Å²) in [5, 5.41) is 0. The Kier molecular flexibility index (Phi) is 4.40. The van der Waals surface area contributed by atoms with E-state index in [4.69, 9.17) is 5.84 Å². The first-order chi connectivity index (χ1) is 8.24. The Morgan fingerprint density at radius 1 is 1.24 bits per heavy atom. The third kappa shape index (κ3) is 3.42. The van der Waals surface area contributed by atoms with Gasteiger partial charge in [-0.25, -0.2) is 5.84 Å². The van der Waals surface area contributed by atoms with Gasteiger partial charge in [-0.2, -0.15) is 0 Å². The molecule has 1 amide bonds. The molecule has 1 heterocycles. The zero-order valence-corrected chi connectivity index (χ0v) is 10.7. The van der Waals surface area contributed by atoms with Crippen molar-refractivity contribution in [3.8, 4) is 0 Å². The predicted octanol–water partition coefficient (Wildman–Crippen LogP) is 1.41. The van der Waals surface area contributed by atoms with Crippen molar-refractivity contribution in [2.75, 3.05) is 19.6 Å². The van der Waals surface area contributed by atoms with Crippen LogP contribution in [0.25, 0.3) is 0 Å². The van der Waals surface area contributed by atoms with Crippen LogP contribution in [0.3, 0.4) is 0 Å². The lowest BCUT2D eigenvalue weighted by Gasteiger charge is -2.23. The van der Waals surface area contributed by atoms with Gasteiger partial charge in [0.05, 0.1) is 0 Å². The lowest BCUT2D eigenvalue weighted by Crippen LogP contribution is -2.30. The molecule has 2 fully saturated rings. The molecule has 4 heteroatoms. The largest absolute Gasteiger partial charge is 0.303 e. The molecule has 98 valence electrons. The van der Waals surface area contributed by atoms with Crippen LogP contribution in [-0.4, -0.2) is 30.4 Å². The van der Waals surface area contributed by atoms with Crippen LogP contribution < -0.4 is 11.3 Å². The van der Waals surface area contributed by atoms with Crippen molar-refractivity contribution in [1.29, 1.82) is 0 Å². The van der Waals surface area contributed by atoms with E-state index in [1.54, 1.807) is 0 Å². The Morgan fingerprint density at radius 2 is 2.00 bits per heavy atom. The third-order valence-corrected chi connectivity index (χ3v) is 4.47. The Hall–Kier alpha value is -0.610. The normalized spacial score (nSPS) is 23.4. The van der Waals surface area contributed by atoms with Gasteiger partial charge < -0.3 is 4.90 Å². The summed E-state index contributed by atoms with van der Waals surface area (Å²) in [4.78, 5) is 13.6. The number of unbranched alkanes of at least 4 members (excludes halogenated alkanes) is 1. The summed E-state index contributed by atoms with van der Waals surface area (Å²) in [6, 6.07) is 0. The summed E-state index contributed by atoms with van der Waals surface area (Å²) in [5.74, 6) is 5.00. The fourth-order valence-electron chi connectivity index (χ4n) is 3.44. The Balaban J connectivity index is 1.60. The summed E-state index contributed by atoms with van der Waals surface area (Å²) in [6.45, 7) is 3.72. The van der Waals surface area contributed by atoms with E-state index < -0.39 is 0 Å². The first-order valence-corrected chi connectivity index (χ1v) is 6.96. The summed E-state index contributed by atoms with van der Waals surface area (Å²) < 4.78 is 0. The summed E-state index contributed by atoms with van der Waals surface area (Å²) in [6.07, 6.45) is 9.79.